The van der Waals surface area contributed by atoms with Gasteiger partial charge in [0.05, 0.1) is 12.0 Å². The quantitative estimate of drug-likeness (QED) is 0.530. The van der Waals surface area contributed by atoms with E-state index in [-0.39, 0.29) is 18.3 Å². The van der Waals surface area contributed by atoms with Crippen molar-refractivity contribution in [3.05, 3.63) is 11.6 Å². The molecule has 0 amide bonds. The van der Waals surface area contributed by atoms with E-state index in [1.807, 2.05) is 0 Å². The van der Waals surface area contributed by atoms with Crippen LogP contribution in [-0.2, 0) is 4.79 Å². The van der Waals surface area contributed by atoms with Gasteiger partial charge in [-0.15, -0.1) is 0 Å². The van der Waals surface area contributed by atoms with Gasteiger partial charge in [0.25, 0.3) is 0 Å². The molecule has 0 aromatic heterocycles. The Morgan fingerprint density at radius 2 is 1.96 bits per heavy atom. The number of carboxylic acid groups (broad SMARTS) is 1. The predicted octanol–water partition coefficient (Wildman–Crippen LogP) is 3.38. The van der Waals surface area contributed by atoms with Crippen molar-refractivity contribution in [2.75, 3.05) is 0 Å². The summed E-state index contributed by atoms with van der Waals surface area (Å²) in [5.74, 6) is 6.89. The van der Waals surface area contributed by atoms with E-state index in [2.05, 4.69) is 24.8 Å². The standard InChI is InChI=1S/C22H32O4/c1-14-16(8-5-9-21(25)26)17-10-13-20(24)18(22(14)17)11-12-19(23)15-6-3-2-4-7-15/h8,14-15,17-20,22-24H,2-7,9-10,13H2,1H3,(H,25,26)/b16-8-/t14?,17-,18?,19?,20-,22?/m1/s1. The number of allylic oxidation sites excluding steroid dienone is 2. The van der Waals surface area contributed by atoms with Gasteiger partial charge in [-0.1, -0.05) is 49.7 Å². The van der Waals surface area contributed by atoms with E-state index in [0.29, 0.717) is 24.2 Å². The first kappa shape index (κ1) is 19.5. The smallest absolute Gasteiger partial charge is 0.303 e. The number of hydrogen-bond acceptors (Lipinski definition) is 3. The van der Waals surface area contributed by atoms with Crippen molar-refractivity contribution in [2.24, 2.45) is 29.6 Å². The molecule has 0 aromatic rings. The first-order valence-electron chi connectivity index (χ1n) is 10.3. The zero-order chi connectivity index (χ0) is 18.7. The lowest BCUT2D eigenvalue weighted by Gasteiger charge is -2.53. The van der Waals surface area contributed by atoms with Crippen molar-refractivity contribution in [1.82, 2.24) is 0 Å². The Morgan fingerprint density at radius 3 is 2.65 bits per heavy atom. The summed E-state index contributed by atoms with van der Waals surface area (Å²) in [4.78, 5) is 10.7. The van der Waals surface area contributed by atoms with Crippen LogP contribution < -0.4 is 0 Å². The van der Waals surface area contributed by atoms with E-state index in [0.717, 1.165) is 25.7 Å². The number of hydrogen-bond donors (Lipinski definition) is 3. The van der Waals surface area contributed by atoms with E-state index >= 15 is 0 Å². The first-order valence-corrected chi connectivity index (χ1v) is 10.3. The van der Waals surface area contributed by atoms with Gasteiger partial charge >= 0.3 is 5.97 Å². The number of carbonyl (C=O) groups is 1. The molecular weight excluding hydrogens is 328 g/mol. The third-order valence-corrected chi connectivity index (χ3v) is 6.83. The van der Waals surface area contributed by atoms with Crippen molar-refractivity contribution in [3.63, 3.8) is 0 Å². The summed E-state index contributed by atoms with van der Waals surface area (Å²) in [6.45, 7) is 2.16. The third-order valence-electron chi connectivity index (χ3n) is 6.83. The van der Waals surface area contributed by atoms with Crippen LogP contribution in [0.3, 0.4) is 0 Å². The average molecular weight is 360 g/mol. The SMILES string of the molecule is CC1/C(=C/CCC(=O)O)[C@H]2CC[C@@H](O)C(C#CC(O)C3CCCCC3)C12. The summed E-state index contributed by atoms with van der Waals surface area (Å²) in [6, 6.07) is 0. The molecule has 4 unspecified atom stereocenters. The molecule has 144 valence electrons. The molecule has 3 aliphatic carbocycles. The topological polar surface area (TPSA) is 77.8 Å². The maximum Gasteiger partial charge on any atom is 0.303 e. The van der Waals surface area contributed by atoms with Crippen molar-refractivity contribution >= 4 is 5.97 Å². The lowest BCUT2D eigenvalue weighted by Crippen LogP contribution is -2.50. The predicted molar refractivity (Wildman–Crippen MR) is 100 cm³/mol. The fourth-order valence-corrected chi connectivity index (χ4v) is 5.36. The maximum absolute atomic E-state index is 10.7. The molecule has 0 heterocycles. The highest BCUT2D eigenvalue weighted by Crippen LogP contribution is 2.55. The van der Waals surface area contributed by atoms with Gasteiger partial charge in [-0.05, 0) is 55.8 Å². The summed E-state index contributed by atoms with van der Waals surface area (Å²) < 4.78 is 0. The van der Waals surface area contributed by atoms with Crippen molar-refractivity contribution in [2.45, 2.75) is 76.9 Å². The van der Waals surface area contributed by atoms with Gasteiger partial charge in [-0.2, -0.15) is 0 Å². The Kier molecular flexibility index (Phi) is 6.42. The summed E-state index contributed by atoms with van der Waals surface area (Å²) >= 11 is 0. The van der Waals surface area contributed by atoms with Crippen LogP contribution in [0.25, 0.3) is 0 Å². The highest BCUT2D eigenvalue weighted by atomic mass is 16.4. The number of rotatable bonds is 4. The molecule has 0 saturated heterocycles. The third kappa shape index (κ3) is 4.15. The molecule has 0 radical (unpaired) electrons. The van der Waals surface area contributed by atoms with E-state index in [9.17, 15) is 15.0 Å². The van der Waals surface area contributed by atoms with Crippen LogP contribution in [-0.4, -0.2) is 33.5 Å². The summed E-state index contributed by atoms with van der Waals surface area (Å²) in [6.07, 6.45) is 9.31. The zero-order valence-electron chi connectivity index (χ0n) is 15.7. The Balaban J connectivity index is 1.65. The van der Waals surface area contributed by atoms with Gasteiger partial charge in [0, 0.05) is 6.42 Å². The van der Waals surface area contributed by atoms with Gasteiger partial charge < -0.3 is 15.3 Å². The van der Waals surface area contributed by atoms with Crippen LogP contribution in [0.5, 0.6) is 0 Å². The number of fused-ring (bicyclic) bond motifs is 1. The van der Waals surface area contributed by atoms with Crippen molar-refractivity contribution in [1.29, 1.82) is 0 Å². The normalized spacial score (nSPS) is 37.2. The molecule has 4 nitrogen and oxygen atoms in total. The van der Waals surface area contributed by atoms with Crippen LogP contribution in [0, 0.1) is 41.4 Å². The van der Waals surface area contributed by atoms with Crippen LogP contribution in [0.1, 0.15) is 64.7 Å². The minimum Gasteiger partial charge on any atom is -0.481 e. The fraction of sp³-hybridized carbons (Fsp3) is 0.773. The van der Waals surface area contributed by atoms with Crippen LogP contribution in [0.2, 0.25) is 0 Å². The van der Waals surface area contributed by atoms with Crippen molar-refractivity contribution in [3.8, 4) is 11.8 Å². The van der Waals surface area contributed by atoms with Crippen molar-refractivity contribution < 1.29 is 20.1 Å². The zero-order valence-corrected chi connectivity index (χ0v) is 15.7. The summed E-state index contributed by atoms with van der Waals surface area (Å²) in [5.41, 5.74) is 1.35. The van der Waals surface area contributed by atoms with E-state index < -0.39 is 18.2 Å². The first-order chi connectivity index (χ1) is 12.5. The second kappa shape index (κ2) is 8.59. The molecule has 3 aliphatic rings. The molecule has 0 aliphatic heterocycles. The van der Waals surface area contributed by atoms with Gasteiger partial charge in [0.1, 0.15) is 6.10 Å². The largest absolute Gasteiger partial charge is 0.481 e. The van der Waals surface area contributed by atoms with Gasteiger partial charge in [-0.25, -0.2) is 0 Å². The van der Waals surface area contributed by atoms with Gasteiger partial charge in [-0.3, -0.25) is 4.79 Å². The monoisotopic (exact) mass is 360 g/mol. The lowest BCUT2D eigenvalue weighted by molar-refractivity contribution is -0.136. The Morgan fingerprint density at radius 1 is 1.23 bits per heavy atom. The van der Waals surface area contributed by atoms with E-state index in [1.54, 1.807) is 0 Å². The molecule has 26 heavy (non-hydrogen) atoms. The molecule has 6 atom stereocenters. The number of carboxylic acids is 1. The minimum atomic E-state index is -0.759. The second-order valence-corrected chi connectivity index (χ2v) is 8.41. The molecule has 3 rings (SSSR count). The second-order valence-electron chi connectivity index (χ2n) is 8.41. The fourth-order valence-electron chi connectivity index (χ4n) is 5.36. The molecule has 3 fully saturated rings. The summed E-state index contributed by atoms with van der Waals surface area (Å²) in [7, 11) is 0. The average Bonchev–Trinajstić information content (AvgIpc) is 2.64. The summed E-state index contributed by atoms with van der Waals surface area (Å²) in [5, 5.41) is 29.7. The highest BCUT2D eigenvalue weighted by molar-refractivity contribution is 5.66. The molecule has 0 spiro atoms. The van der Waals surface area contributed by atoms with E-state index in [1.165, 1.54) is 24.8 Å². The molecule has 0 aromatic carbocycles. The van der Waals surface area contributed by atoms with Crippen LogP contribution in [0.15, 0.2) is 11.6 Å². The van der Waals surface area contributed by atoms with E-state index in [4.69, 9.17) is 5.11 Å². The number of aliphatic hydroxyl groups excluding tert-OH is 2. The highest BCUT2D eigenvalue weighted by Gasteiger charge is 2.51. The molecule has 3 saturated carbocycles. The Bertz CT molecular complexity index is 593. The Hall–Kier alpha value is -1.31. The lowest BCUT2D eigenvalue weighted by atomic mass is 9.51. The Labute approximate surface area is 156 Å². The molecule has 0 bridgehead atoms. The minimum absolute atomic E-state index is 0.0707. The molecular formula is C22H32O4. The van der Waals surface area contributed by atoms with Gasteiger partial charge in [0.2, 0.25) is 0 Å². The number of aliphatic hydroxyl groups is 2. The van der Waals surface area contributed by atoms with Gasteiger partial charge in [0.15, 0.2) is 0 Å². The maximum atomic E-state index is 10.7. The van der Waals surface area contributed by atoms with Crippen LogP contribution in [0.4, 0.5) is 0 Å². The molecule has 4 heteroatoms. The van der Waals surface area contributed by atoms with Crippen LogP contribution >= 0.6 is 0 Å². The molecule has 3 N–H and O–H groups in total. The number of aliphatic carboxylic acids is 1.